The van der Waals surface area contributed by atoms with Crippen LogP contribution >= 0.6 is 0 Å². The van der Waals surface area contributed by atoms with E-state index in [-0.39, 0.29) is 12.1 Å². The Morgan fingerprint density at radius 1 is 1.42 bits per heavy atom. The molecule has 2 atom stereocenters. The number of esters is 1. The molecule has 0 unspecified atom stereocenters. The van der Waals surface area contributed by atoms with Gasteiger partial charge in [0.25, 0.3) is 0 Å². The summed E-state index contributed by atoms with van der Waals surface area (Å²) in [5.41, 5.74) is 0. The van der Waals surface area contributed by atoms with E-state index < -0.39 is 0 Å². The fraction of sp³-hybridized carbons (Fsp3) is 0.900. The molecule has 0 aromatic heterocycles. The zero-order valence-corrected chi connectivity index (χ0v) is 8.01. The lowest BCUT2D eigenvalue weighted by atomic mass is 9.85. The largest absolute Gasteiger partial charge is 0.462 e. The second kappa shape index (κ2) is 4.48. The first-order valence-electron chi connectivity index (χ1n) is 4.91. The van der Waals surface area contributed by atoms with Gasteiger partial charge in [0.1, 0.15) is 6.10 Å². The molecule has 2 heteroatoms. The lowest BCUT2D eigenvalue weighted by molar-refractivity contribution is -0.150. The normalized spacial score (nSPS) is 29.8. The van der Waals surface area contributed by atoms with E-state index in [9.17, 15) is 4.79 Å². The Bertz CT molecular complexity index is 154. The van der Waals surface area contributed by atoms with E-state index in [2.05, 4.69) is 6.92 Å². The molecule has 0 heterocycles. The van der Waals surface area contributed by atoms with Crippen LogP contribution in [0.5, 0.6) is 0 Å². The maximum absolute atomic E-state index is 10.8. The van der Waals surface area contributed by atoms with Crippen molar-refractivity contribution in [3.8, 4) is 0 Å². The summed E-state index contributed by atoms with van der Waals surface area (Å²) in [7, 11) is 0. The molecule has 1 saturated carbocycles. The molecule has 70 valence electrons. The van der Waals surface area contributed by atoms with Gasteiger partial charge in [-0.3, -0.25) is 4.79 Å². The van der Waals surface area contributed by atoms with Crippen molar-refractivity contribution < 1.29 is 9.53 Å². The zero-order valence-electron chi connectivity index (χ0n) is 8.01. The molecule has 0 bridgehead atoms. The molecule has 12 heavy (non-hydrogen) atoms. The zero-order chi connectivity index (χ0) is 8.97. The summed E-state index contributed by atoms with van der Waals surface area (Å²) < 4.78 is 5.26. The van der Waals surface area contributed by atoms with Crippen LogP contribution in [-0.2, 0) is 9.53 Å². The van der Waals surface area contributed by atoms with Crippen molar-refractivity contribution in [3.05, 3.63) is 0 Å². The van der Waals surface area contributed by atoms with Gasteiger partial charge in [-0.25, -0.2) is 0 Å². The van der Waals surface area contributed by atoms with Gasteiger partial charge in [-0.15, -0.1) is 0 Å². The van der Waals surface area contributed by atoms with Gasteiger partial charge in [-0.1, -0.05) is 13.3 Å². The van der Waals surface area contributed by atoms with Crippen molar-refractivity contribution >= 4 is 5.97 Å². The van der Waals surface area contributed by atoms with Crippen molar-refractivity contribution in [3.63, 3.8) is 0 Å². The van der Waals surface area contributed by atoms with Gasteiger partial charge in [0, 0.05) is 6.92 Å². The summed E-state index contributed by atoms with van der Waals surface area (Å²) in [5, 5.41) is 0. The van der Waals surface area contributed by atoms with Crippen molar-refractivity contribution in [1.29, 1.82) is 0 Å². The number of hydrogen-bond acceptors (Lipinski definition) is 2. The molecular formula is C10H18O2. The summed E-state index contributed by atoms with van der Waals surface area (Å²) in [4.78, 5) is 10.8. The minimum Gasteiger partial charge on any atom is -0.462 e. The molecule has 0 saturated heterocycles. The second-order valence-electron chi connectivity index (χ2n) is 3.60. The SMILES string of the molecule is CC[C@H]1CCCC[C@@H]1OC(C)=O. The van der Waals surface area contributed by atoms with E-state index in [4.69, 9.17) is 4.74 Å². The average Bonchev–Trinajstić information content (AvgIpc) is 2.04. The highest BCUT2D eigenvalue weighted by atomic mass is 16.5. The first kappa shape index (κ1) is 9.56. The average molecular weight is 170 g/mol. The number of carbonyl (C=O) groups is 1. The van der Waals surface area contributed by atoms with Crippen LogP contribution in [0.4, 0.5) is 0 Å². The van der Waals surface area contributed by atoms with E-state index >= 15 is 0 Å². The highest BCUT2D eigenvalue weighted by molar-refractivity contribution is 5.66. The number of rotatable bonds is 2. The van der Waals surface area contributed by atoms with E-state index in [1.165, 1.54) is 26.2 Å². The molecule has 1 aliphatic carbocycles. The van der Waals surface area contributed by atoms with Gasteiger partial charge >= 0.3 is 5.97 Å². The lowest BCUT2D eigenvalue weighted by Crippen LogP contribution is -2.28. The molecule has 1 rings (SSSR count). The van der Waals surface area contributed by atoms with Gasteiger partial charge in [-0.05, 0) is 31.6 Å². The molecule has 0 aromatic carbocycles. The fourth-order valence-corrected chi connectivity index (χ4v) is 2.01. The number of hydrogen-bond donors (Lipinski definition) is 0. The maximum Gasteiger partial charge on any atom is 0.302 e. The van der Waals surface area contributed by atoms with E-state index in [1.54, 1.807) is 0 Å². The Balaban J connectivity index is 2.41. The Hall–Kier alpha value is -0.530. The molecular weight excluding hydrogens is 152 g/mol. The topological polar surface area (TPSA) is 26.3 Å². The quantitative estimate of drug-likeness (QED) is 0.595. The van der Waals surface area contributed by atoms with Gasteiger partial charge in [0.2, 0.25) is 0 Å². The molecule has 2 nitrogen and oxygen atoms in total. The van der Waals surface area contributed by atoms with Crippen LogP contribution in [0.1, 0.15) is 46.0 Å². The third-order valence-electron chi connectivity index (χ3n) is 2.68. The van der Waals surface area contributed by atoms with Crippen LogP contribution < -0.4 is 0 Å². The third-order valence-corrected chi connectivity index (χ3v) is 2.68. The molecule has 0 radical (unpaired) electrons. The molecule has 0 amide bonds. The molecule has 1 aliphatic rings. The summed E-state index contributed by atoms with van der Waals surface area (Å²) in [6.07, 6.45) is 6.16. The summed E-state index contributed by atoms with van der Waals surface area (Å²) in [6.45, 7) is 3.67. The van der Waals surface area contributed by atoms with Crippen molar-refractivity contribution in [2.45, 2.75) is 52.1 Å². The third kappa shape index (κ3) is 2.50. The van der Waals surface area contributed by atoms with Crippen LogP contribution in [0.3, 0.4) is 0 Å². The lowest BCUT2D eigenvalue weighted by Gasteiger charge is -2.29. The first-order valence-corrected chi connectivity index (χ1v) is 4.91. The van der Waals surface area contributed by atoms with Crippen LogP contribution in [0.25, 0.3) is 0 Å². The summed E-state index contributed by atoms with van der Waals surface area (Å²) in [6, 6.07) is 0. The van der Waals surface area contributed by atoms with Crippen molar-refractivity contribution in [2.24, 2.45) is 5.92 Å². The Labute approximate surface area is 74.3 Å². The summed E-state index contributed by atoms with van der Waals surface area (Å²) in [5.74, 6) is 0.489. The molecule has 1 fully saturated rings. The van der Waals surface area contributed by atoms with Gasteiger partial charge in [-0.2, -0.15) is 0 Å². The predicted octanol–water partition coefficient (Wildman–Crippen LogP) is 2.52. The Morgan fingerprint density at radius 3 is 2.67 bits per heavy atom. The molecule has 0 spiro atoms. The minimum atomic E-state index is -0.125. The smallest absolute Gasteiger partial charge is 0.302 e. The predicted molar refractivity (Wildman–Crippen MR) is 47.8 cm³/mol. The van der Waals surface area contributed by atoms with Crippen LogP contribution in [0, 0.1) is 5.92 Å². The van der Waals surface area contributed by atoms with Crippen LogP contribution in [-0.4, -0.2) is 12.1 Å². The Morgan fingerprint density at radius 2 is 2.08 bits per heavy atom. The highest BCUT2D eigenvalue weighted by Crippen LogP contribution is 2.28. The summed E-state index contributed by atoms with van der Waals surface area (Å²) >= 11 is 0. The van der Waals surface area contributed by atoms with Crippen LogP contribution in [0.2, 0.25) is 0 Å². The first-order chi connectivity index (χ1) is 5.74. The molecule has 0 N–H and O–H groups in total. The van der Waals surface area contributed by atoms with Crippen LogP contribution in [0.15, 0.2) is 0 Å². The fourth-order valence-electron chi connectivity index (χ4n) is 2.01. The van der Waals surface area contributed by atoms with Gasteiger partial charge in [0.05, 0.1) is 0 Å². The van der Waals surface area contributed by atoms with E-state index in [0.717, 1.165) is 12.8 Å². The van der Waals surface area contributed by atoms with Crippen molar-refractivity contribution in [1.82, 2.24) is 0 Å². The highest BCUT2D eigenvalue weighted by Gasteiger charge is 2.25. The minimum absolute atomic E-state index is 0.125. The molecule has 0 aromatic rings. The van der Waals surface area contributed by atoms with E-state index in [1.807, 2.05) is 0 Å². The van der Waals surface area contributed by atoms with Crippen molar-refractivity contribution in [2.75, 3.05) is 0 Å². The van der Waals surface area contributed by atoms with Gasteiger partial charge < -0.3 is 4.74 Å². The number of ether oxygens (including phenoxy) is 1. The maximum atomic E-state index is 10.8. The van der Waals surface area contributed by atoms with Gasteiger partial charge in [0.15, 0.2) is 0 Å². The standard InChI is InChI=1S/C10H18O2/c1-3-9-6-4-5-7-10(9)12-8(2)11/h9-10H,3-7H2,1-2H3/t9-,10-/m0/s1. The molecule has 0 aliphatic heterocycles. The Kier molecular flexibility index (Phi) is 3.57. The monoisotopic (exact) mass is 170 g/mol. The number of carbonyl (C=O) groups excluding carboxylic acids is 1. The van der Waals surface area contributed by atoms with E-state index in [0.29, 0.717) is 5.92 Å². The second-order valence-corrected chi connectivity index (χ2v) is 3.60.